The van der Waals surface area contributed by atoms with E-state index in [1.54, 1.807) is 12.1 Å². The molecule has 0 spiro atoms. The lowest BCUT2D eigenvalue weighted by atomic mass is 9.91. The van der Waals surface area contributed by atoms with Gasteiger partial charge in [-0.25, -0.2) is 4.39 Å². The number of aliphatic hydroxyl groups excluding tert-OH is 1. The minimum absolute atomic E-state index is 0.0492. The lowest BCUT2D eigenvalue weighted by Crippen LogP contribution is -2.29. The van der Waals surface area contributed by atoms with E-state index in [1.165, 1.54) is 35.2 Å². The molecule has 1 aliphatic heterocycles. The second-order valence-corrected chi connectivity index (χ2v) is 9.07. The monoisotopic (exact) mass is 505 g/mol. The first-order valence-corrected chi connectivity index (χ1v) is 11.6. The van der Waals surface area contributed by atoms with Gasteiger partial charge in [0.1, 0.15) is 11.6 Å². The molecule has 1 N–H and O–H groups in total. The van der Waals surface area contributed by atoms with Gasteiger partial charge in [-0.05, 0) is 52.2 Å². The van der Waals surface area contributed by atoms with Gasteiger partial charge < -0.3 is 10.0 Å². The second-order valence-electron chi connectivity index (χ2n) is 8.25. The van der Waals surface area contributed by atoms with Crippen LogP contribution in [0.3, 0.4) is 0 Å². The van der Waals surface area contributed by atoms with Gasteiger partial charge in [0.25, 0.3) is 11.7 Å². The third-order valence-electron chi connectivity index (χ3n) is 6.12. The number of fused-ring (bicyclic) bond motifs is 1. The highest BCUT2D eigenvalue weighted by Crippen LogP contribution is 2.43. The minimum atomic E-state index is -0.874. The normalized spacial score (nSPS) is 17.3. The number of nitrogens with zero attached hydrogens (tertiary/aromatic N) is 1. The molecule has 1 atom stereocenters. The van der Waals surface area contributed by atoms with Crippen molar-refractivity contribution < 1.29 is 19.1 Å². The molecule has 7 heteroatoms. The molecule has 1 unspecified atom stereocenters. The number of halogens is 3. The Kier molecular flexibility index (Phi) is 6.05. The number of Topliss-reactive ketones (excluding diaryl/α,β-unsaturated/α-hetero) is 1. The van der Waals surface area contributed by atoms with E-state index in [9.17, 15) is 19.1 Å². The Labute approximate surface area is 210 Å². The molecule has 4 nitrogen and oxygen atoms in total. The molecule has 4 aromatic rings. The summed E-state index contributed by atoms with van der Waals surface area (Å²) in [6.07, 6.45) is 0. The number of aliphatic hydroxyl groups is 1. The summed E-state index contributed by atoms with van der Waals surface area (Å²) in [5, 5.41) is 13.5. The molecule has 0 aliphatic carbocycles. The first-order valence-electron chi connectivity index (χ1n) is 10.8. The molecule has 0 aromatic heterocycles. The van der Waals surface area contributed by atoms with E-state index in [4.69, 9.17) is 23.2 Å². The predicted molar refractivity (Wildman–Crippen MR) is 135 cm³/mol. The number of benzene rings is 4. The summed E-state index contributed by atoms with van der Waals surface area (Å²) >= 11 is 12.2. The van der Waals surface area contributed by atoms with Crippen LogP contribution in [0.25, 0.3) is 16.5 Å². The molecule has 0 radical (unpaired) electrons. The van der Waals surface area contributed by atoms with Gasteiger partial charge in [0.2, 0.25) is 0 Å². The van der Waals surface area contributed by atoms with Crippen molar-refractivity contribution in [1.29, 1.82) is 0 Å². The van der Waals surface area contributed by atoms with Crippen LogP contribution in [0.4, 0.5) is 4.39 Å². The molecule has 174 valence electrons. The number of likely N-dealkylation sites (tertiary alicyclic amines) is 1. The number of carbonyl (C=O) groups is 2. The zero-order chi connectivity index (χ0) is 24.7. The van der Waals surface area contributed by atoms with Gasteiger partial charge in [0, 0.05) is 12.1 Å². The van der Waals surface area contributed by atoms with Gasteiger partial charge in [-0.1, -0.05) is 77.8 Å². The third kappa shape index (κ3) is 4.18. The Balaban J connectivity index is 1.73. The zero-order valence-corrected chi connectivity index (χ0v) is 19.7. The van der Waals surface area contributed by atoms with Gasteiger partial charge >= 0.3 is 0 Å². The quantitative estimate of drug-likeness (QED) is 0.186. The maximum absolute atomic E-state index is 13.5. The standard InChI is InChI=1S/C28H18Cl2FNO3/c29-22-13-10-18(14-23(22)30)26(33)24-25(21-7-3-5-17-4-1-2-6-20(17)21)32(28(35)27(24)34)15-16-8-11-19(31)12-9-16/h1-14,25,33H,15H2/b26-24-. The topological polar surface area (TPSA) is 57.6 Å². The molecule has 1 aliphatic rings. The first-order chi connectivity index (χ1) is 16.8. The fourth-order valence-corrected chi connectivity index (χ4v) is 4.74. The van der Waals surface area contributed by atoms with Gasteiger partial charge in [0.15, 0.2) is 0 Å². The van der Waals surface area contributed by atoms with Crippen LogP contribution >= 0.6 is 23.2 Å². The second kappa shape index (κ2) is 9.17. The van der Waals surface area contributed by atoms with Crippen LogP contribution in [0.1, 0.15) is 22.7 Å². The maximum Gasteiger partial charge on any atom is 0.295 e. The Morgan fingerprint density at radius 3 is 2.34 bits per heavy atom. The molecule has 4 aromatic carbocycles. The fourth-order valence-electron chi connectivity index (χ4n) is 4.44. The highest BCUT2D eigenvalue weighted by molar-refractivity contribution is 6.47. The van der Waals surface area contributed by atoms with E-state index in [0.29, 0.717) is 16.1 Å². The minimum Gasteiger partial charge on any atom is -0.507 e. The summed E-state index contributed by atoms with van der Waals surface area (Å²) in [5.74, 6) is -2.31. The molecule has 1 fully saturated rings. The van der Waals surface area contributed by atoms with E-state index >= 15 is 0 Å². The highest BCUT2D eigenvalue weighted by atomic mass is 35.5. The van der Waals surface area contributed by atoms with Crippen molar-refractivity contribution in [3.8, 4) is 0 Å². The molecule has 5 rings (SSSR count). The van der Waals surface area contributed by atoms with Crippen molar-refractivity contribution in [2.24, 2.45) is 0 Å². The van der Waals surface area contributed by atoms with Crippen molar-refractivity contribution in [3.05, 3.63) is 123 Å². The largest absolute Gasteiger partial charge is 0.507 e. The van der Waals surface area contributed by atoms with Crippen LogP contribution in [-0.4, -0.2) is 21.7 Å². The van der Waals surface area contributed by atoms with Gasteiger partial charge in [-0.2, -0.15) is 0 Å². The summed E-state index contributed by atoms with van der Waals surface area (Å²) in [7, 11) is 0. The predicted octanol–water partition coefficient (Wildman–Crippen LogP) is 6.91. The van der Waals surface area contributed by atoms with E-state index in [2.05, 4.69) is 0 Å². The summed E-state index contributed by atoms with van der Waals surface area (Å²) in [5.41, 5.74) is 1.55. The number of rotatable bonds is 4. The Morgan fingerprint density at radius 2 is 1.60 bits per heavy atom. The summed E-state index contributed by atoms with van der Waals surface area (Å²) < 4.78 is 13.5. The van der Waals surface area contributed by atoms with Crippen LogP contribution in [0, 0.1) is 5.82 Å². The van der Waals surface area contributed by atoms with Crippen molar-refractivity contribution in [1.82, 2.24) is 4.90 Å². The van der Waals surface area contributed by atoms with Crippen LogP contribution in [-0.2, 0) is 16.1 Å². The number of hydrogen-bond donors (Lipinski definition) is 1. The van der Waals surface area contributed by atoms with Crippen LogP contribution in [0.5, 0.6) is 0 Å². The first kappa shape index (κ1) is 23.1. The van der Waals surface area contributed by atoms with Crippen LogP contribution in [0.15, 0.2) is 90.5 Å². The maximum atomic E-state index is 13.5. The molecule has 1 saturated heterocycles. The smallest absolute Gasteiger partial charge is 0.295 e. The fraction of sp³-hybridized carbons (Fsp3) is 0.0714. The van der Waals surface area contributed by atoms with E-state index in [0.717, 1.165) is 10.8 Å². The summed E-state index contributed by atoms with van der Waals surface area (Å²) in [6.45, 7) is 0.0525. The lowest BCUT2D eigenvalue weighted by molar-refractivity contribution is -0.140. The average molecular weight is 506 g/mol. The zero-order valence-electron chi connectivity index (χ0n) is 18.2. The van der Waals surface area contributed by atoms with E-state index < -0.39 is 23.5 Å². The number of carbonyl (C=O) groups excluding carboxylic acids is 2. The molecular weight excluding hydrogens is 488 g/mol. The molecular formula is C28H18Cl2FNO3. The van der Waals surface area contributed by atoms with Gasteiger partial charge in [-0.3, -0.25) is 9.59 Å². The Bertz CT molecular complexity index is 1510. The number of ketones is 1. The summed E-state index contributed by atoms with van der Waals surface area (Å²) in [4.78, 5) is 28.0. The molecule has 1 amide bonds. The van der Waals surface area contributed by atoms with Crippen molar-refractivity contribution in [2.75, 3.05) is 0 Å². The molecule has 1 heterocycles. The van der Waals surface area contributed by atoms with Crippen molar-refractivity contribution in [3.63, 3.8) is 0 Å². The van der Waals surface area contributed by atoms with Crippen molar-refractivity contribution >= 4 is 51.4 Å². The summed E-state index contributed by atoms with van der Waals surface area (Å²) in [6, 6.07) is 22.6. The SMILES string of the molecule is O=C1C(=O)N(Cc2ccc(F)cc2)C(c2cccc3ccccc23)/C1=C(/O)c1ccc(Cl)c(Cl)c1. The number of hydrogen-bond acceptors (Lipinski definition) is 3. The van der Waals surface area contributed by atoms with Crippen LogP contribution in [0.2, 0.25) is 10.0 Å². The molecule has 35 heavy (non-hydrogen) atoms. The van der Waals surface area contributed by atoms with Gasteiger partial charge in [0.05, 0.1) is 21.7 Å². The molecule has 0 saturated carbocycles. The van der Waals surface area contributed by atoms with Crippen LogP contribution < -0.4 is 0 Å². The van der Waals surface area contributed by atoms with Crippen molar-refractivity contribution in [2.45, 2.75) is 12.6 Å². The van der Waals surface area contributed by atoms with Gasteiger partial charge in [-0.15, -0.1) is 0 Å². The average Bonchev–Trinajstić information content (AvgIpc) is 3.11. The van der Waals surface area contributed by atoms with E-state index in [-0.39, 0.29) is 28.5 Å². The lowest BCUT2D eigenvalue weighted by Gasteiger charge is -2.26. The Morgan fingerprint density at radius 1 is 0.886 bits per heavy atom. The molecule has 0 bridgehead atoms. The van der Waals surface area contributed by atoms with E-state index in [1.807, 2.05) is 42.5 Å². The highest BCUT2D eigenvalue weighted by Gasteiger charge is 2.46. The number of amides is 1. The third-order valence-corrected chi connectivity index (χ3v) is 6.86. The Hall–Kier alpha value is -3.67.